The van der Waals surface area contributed by atoms with Gasteiger partial charge in [0, 0.05) is 12.4 Å². The summed E-state index contributed by atoms with van der Waals surface area (Å²) in [6, 6.07) is 3.32. The smallest absolute Gasteiger partial charge is 0.311 e. The molecule has 2 atom stereocenters. The van der Waals surface area contributed by atoms with Crippen molar-refractivity contribution in [1.29, 1.82) is 0 Å². The molecule has 0 saturated heterocycles. The standard InChI is InChI=1S/C18H26N2O5/c1-5-18(3,11-13(2)16(22)24-4)17(23)25-10-9-20-15(21)14-7-6-8-19-12-14/h6-8,12-13H,5,9-11H2,1-4H3,(H,20,21). The Labute approximate surface area is 148 Å². The Hall–Kier alpha value is -2.44. The first-order valence-electron chi connectivity index (χ1n) is 8.27. The van der Waals surface area contributed by atoms with Gasteiger partial charge < -0.3 is 14.8 Å². The molecule has 0 aliphatic heterocycles. The fourth-order valence-corrected chi connectivity index (χ4v) is 2.41. The molecule has 0 aliphatic carbocycles. The number of hydrogen-bond donors (Lipinski definition) is 1. The van der Waals surface area contributed by atoms with Crippen molar-refractivity contribution in [3.8, 4) is 0 Å². The molecule has 1 rings (SSSR count). The highest BCUT2D eigenvalue weighted by Gasteiger charge is 2.36. The van der Waals surface area contributed by atoms with Crippen LogP contribution in [-0.2, 0) is 19.1 Å². The number of rotatable bonds is 9. The van der Waals surface area contributed by atoms with Crippen molar-refractivity contribution >= 4 is 17.8 Å². The predicted molar refractivity (Wildman–Crippen MR) is 91.7 cm³/mol. The molecule has 0 fully saturated rings. The number of aromatic nitrogens is 1. The maximum atomic E-state index is 12.4. The Balaban J connectivity index is 2.45. The third-order valence-corrected chi connectivity index (χ3v) is 4.18. The second-order valence-corrected chi connectivity index (χ2v) is 6.18. The van der Waals surface area contributed by atoms with Crippen molar-refractivity contribution in [3.05, 3.63) is 30.1 Å². The van der Waals surface area contributed by atoms with Crippen LogP contribution in [0.4, 0.5) is 0 Å². The minimum absolute atomic E-state index is 0.0625. The van der Waals surface area contributed by atoms with Gasteiger partial charge in [-0.2, -0.15) is 0 Å². The van der Waals surface area contributed by atoms with Gasteiger partial charge >= 0.3 is 11.9 Å². The number of ether oxygens (including phenoxy) is 2. The van der Waals surface area contributed by atoms with Gasteiger partial charge in [-0.05, 0) is 31.9 Å². The lowest BCUT2D eigenvalue weighted by molar-refractivity contribution is -0.158. The second kappa shape index (κ2) is 9.76. The van der Waals surface area contributed by atoms with Gasteiger partial charge in [-0.1, -0.05) is 13.8 Å². The zero-order valence-corrected chi connectivity index (χ0v) is 15.2. The summed E-state index contributed by atoms with van der Waals surface area (Å²) in [7, 11) is 1.32. The lowest BCUT2D eigenvalue weighted by Crippen LogP contribution is -2.35. The summed E-state index contributed by atoms with van der Waals surface area (Å²) in [5.74, 6) is -1.41. The highest BCUT2D eigenvalue weighted by Crippen LogP contribution is 2.31. The molecule has 0 spiro atoms. The van der Waals surface area contributed by atoms with E-state index >= 15 is 0 Å². The van der Waals surface area contributed by atoms with E-state index in [2.05, 4.69) is 10.3 Å². The van der Waals surface area contributed by atoms with Crippen molar-refractivity contribution in [2.24, 2.45) is 11.3 Å². The highest BCUT2D eigenvalue weighted by atomic mass is 16.5. The number of esters is 2. The van der Waals surface area contributed by atoms with Crippen molar-refractivity contribution < 1.29 is 23.9 Å². The van der Waals surface area contributed by atoms with E-state index in [1.54, 1.807) is 32.2 Å². The molecule has 0 bridgehead atoms. The molecule has 1 amide bonds. The molecule has 7 nitrogen and oxygen atoms in total. The molecule has 0 aromatic carbocycles. The van der Waals surface area contributed by atoms with Gasteiger partial charge in [0.15, 0.2) is 0 Å². The van der Waals surface area contributed by atoms with Crippen LogP contribution in [0.3, 0.4) is 0 Å². The lowest BCUT2D eigenvalue weighted by atomic mass is 9.79. The average Bonchev–Trinajstić information content (AvgIpc) is 2.64. The van der Waals surface area contributed by atoms with Gasteiger partial charge in [0.2, 0.25) is 0 Å². The molecule has 1 aromatic rings. The molecule has 0 radical (unpaired) electrons. The van der Waals surface area contributed by atoms with E-state index in [4.69, 9.17) is 9.47 Å². The number of nitrogens with one attached hydrogen (secondary N) is 1. The number of hydrogen-bond acceptors (Lipinski definition) is 6. The van der Waals surface area contributed by atoms with Gasteiger partial charge in [0.05, 0.1) is 30.6 Å². The van der Waals surface area contributed by atoms with Crippen LogP contribution in [0.15, 0.2) is 24.5 Å². The minimum atomic E-state index is -0.777. The summed E-state index contributed by atoms with van der Waals surface area (Å²) in [6.45, 7) is 5.62. The van der Waals surface area contributed by atoms with Gasteiger partial charge in [-0.15, -0.1) is 0 Å². The number of carbonyl (C=O) groups is 3. The van der Waals surface area contributed by atoms with E-state index in [1.165, 1.54) is 13.3 Å². The van der Waals surface area contributed by atoms with E-state index in [1.807, 2.05) is 6.92 Å². The summed E-state index contributed by atoms with van der Waals surface area (Å²) in [5, 5.41) is 2.66. The summed E-state index contributed by atoms with van der Waals surface area (Å²) in [4.78, 5) is 39.7. The molecule has 7 heteroatoms. The van der Waals surface area contributed by atoms with Crippen LogP contribution >= 0.6 is 0 Å². The van der Waals surface area contributed by atoms with Crippen LogP contribution in [0.1, 0.15) is 44.0 Å². The number of methoxy groups -OCH3 is 1. The molecule has 1 N–H and O–H groups in total. The Morgan fingerprint density at radius 3 is 2.64 bits per heavy atom. The molecule has 0 saturated carbocycles. The first kappa shape index (κ1) is 20.6. The number of pyridine rings is 1. The van der Waals surface area contributed by atoms with Crippen LogP contribution in [0, 0.1) is 11.3 Å². The Bertz CT molecular complexity index is 590. The van der Waals surface area contributed by atoms with Crippen LogP contribution in [0.5, 0.6) is 0 Å². The zero-order valence-electron chi connectivity index (χ0n) is 15.2. The topological polar surface area (TPSA) is 94.6 Å². The molecular formula is C18H26N2O5. The molecule has 0 aliphatic rings. The average molecular weight is 350 g/mol. The molecule has 2 unspecified atom stereocenters. The Morgan fingerprint density at radius 1 is 1.36 bits per heavy atom. The maximum absolute atomic E-state index is 12.4. The van der Waals surface area contributed by atoms with Crippen molar-refractivity contribution in [3.63, 3.8) is 0 Å². The number of carbonyl (C=O) groups excluding carboxylic acids is 3. The van der Waals surface area contributed by atoms with Gasteiger partial charge in [-0.3, -0.25) is 19.4 Å². The van der Waals surface area contributed by atoms with E-state index < -0.39 is 11.3 Å². The fourth-order valence-electron chi connectivity index (χ4n) is 2.41. The Kier molecular flexibility index (Phi) is 8.04. The van der Waals surface area contributed by atoms with Gasteiger partial charge in [0.1, 0.15) is 6.61 Å². The van der Waals surface area contributed by atoms with E-state index in [9.17, 15) is 14.4 Å². The number of nitrogens with zero attached hydrogens (tertiary/aromatic N) is 1. The van der Waals surface area contributed by atoms with Crippen molar-refractivity contribution in [2.75, 3.05) is 20.3 Å². The molecular weight excluding hydrogens is 324 g/mol. The van der Waals surface area contributed by atoms with E-state index in [0.29, 0.717) is 18.4 Å². The number of amides is 1. The quantitative estimate of drug-likeness (QED) is 0.540. The normalized spacial score (nSPS) is 14.1. The molecule has 138 valence electrons. The second-order valence-electron chi connectivity index (χ2n) is 6.18. The maximum Gasteiger partial charge on any atom is 0.311 e. The van der Waals surface area contributed by atoms with Crippen LogP contribution < -0.4 is 5.32 Å². The minimum Gasteiger partial charge on any atom is -0.469 e. The first-order chi connectivity index (χ1) is 11.8. The van der Waals surface area contributed by atoms with Gasteiger partial charge in [-0.25, -0.2) is 0 Å². The van der Waals surface area contributed by atoms with E-state index in [0.717, 1.165) is 0 Å². The predicted octanol–water partition coefficient (Wildman–Crippen LogP) is 1.97. The fraction of sp³-hybridized carbons (Fsp3) is 0.556. The summed E-state index contributed by atoms with van der Waals surface area (Å²) in [6.07, 6.45) is 3.93. The zero-order chi connectivity index (χ0) is 18.9. The van der Waals surface area contributed by atoms with Crippen molar-refractivity contribution in [1.82, 2.24) is 10.3 Å². The van der Waals surface area contributed by atoms with Crippen LogP contribution in [0.2, 0.25) is 0 Å². The Morgan fingerprint density at radius 2 is 2.08 bits per heavy atom. The highest BCUT2D eigenvalue weighted by molar-refractivity contribution is 5.93. The molecule has 1 heterocycles. The molecule has 1 aromatic heterocycles. The third-order valence-electron chi connectivity index (χ3n) is 4.18. The third kappa shape index (κ3) is 6.17. The van der Waals surface area contributed by atoms with E-state index in [-0.39, 0.29) is 31.0 Å². The summed E-state index contributed by atoms with van der Waals surface area (Å²) >= 11 is 0. The monoisotopic (exact) mass is 350 g/mol. The van der Waals surface area contributed by atoms with Gasteiger partial charge in [0.25, 0.3) is 5.91 Å². The molecule has 25 heavy (non-hydrogen) atoms. The van der Waals surface area contributed by atoms with Crippen LogP contribution in [0.25, 0.3) is 0 Å². The summed E-state index contributed by atoms with van der Waals surface area (Å²) < 4.78 is 9.98. The van der Waals surface area contributed by atoms with Crippen LogP contribution in [-0.4, -0.2) is 43.1 Å². The lowest BCUT2D eigenvalue weighted by Gasteiger charge is -2.28. The largest absolute Gasteiger partial charge is 0.469 e. The SMILES string of the molecule is CCC(C)(CC(C)C(=O)OC)C(=O)OCCNC(=O)c1cccnc1. The van der Waals surface area contributed by atoms with Crippen molar-refractivity contribution in [2.45, 2.75) is 33.6 Å². The summed E-state index contributed by atoms with van der Waals surface area (Å²) in [5.41, 5.74) is -0.333. The first-order valence-corrected chi connectivity index (χ1v) is 8.27.